The highest BCUT2D eigenvalue weighted by Crippen LogP contribution is 2.59. The zero-order valence-electron chi connectivity index (χ0n) is 14.6. The van der Waals surface area contributed by atoms with Crippen LogP contribution in [0.1, 0.15) is 53.0 Å². The molecule has 0 radical (unpaired) electrons. The number of Topliss-reactive ketones (excluding diaryl/α,β-unsaturated/α-hetero) is 1. The number of carbonyl (C=O) groups excluding carboxylic acids is 1. The maximum Gasteiger partial charge on any atom is 0.137 e. The van der Waals surface area contributed by atoms with Crippen LogP contribution < -0.4 is 0 Å². The summed E-state index contributed by atoms with van der Waals surface area (Å²) in [5.74, 6) is 1.05. The van der Waals surface area contributed by atoms with Crippen molar-refractivity contribution in [2.24, 2.45) is 16.7 Å². The zero-order chi connectivity index (χ0) is 16.1. The summed E-state index contributed by atoms with van der Waals surface area (Å²) in [6.07, 6.45) is 2.18. The van der Waals surface area contributed by atoms with Gasteiger partial charge in [0.2, 0.25) is 0 Å². The second-order valence-corrected chi connectivity index (χ2v) is 8.14. The molecule has 1 aromatic rings. The molecule has 4 rings (SSSR count). The maximum absolute atomic E-state index is 12.4. The molecule has 0 spiro atoms. The van der Waals surface area contributed by atoms with Gasteiger partial charge in [-0.3, -0.25) is 9.69 Å². The van der Waals surface area contributed by atoms with E-state index < -0.39 is 0 Å². The molecule has 2 saturated heterocycles. The van der Waals surface area contributed by atoms with E-state index in [1.165, 1.54) is 5.56 Å². The molecule has 120 valence electrons. The van der Waals surface area contributed by atoms with Gasteiger partial charge in [-0.1, -0.05) is 51.1 Å². The Balaban J connectivity index is 1.98. The fraction of sp³-hybridized carbons (Fsp3) is 0.650. The number of benzene rings is 1. The van der Waals surface area contributed by atoms with Crippen molar-refractivity contribution in [3.8, 4) is 0 Å². The Morgan fingerprint density at radius 3 is 2.45 bits per heavy atom. The summed E-state index contributed by atoms with van der Waals surface area (Å²) in [5, 5.41) is 0. The van der Waals surface area contributed by atoms with Crippen LogP contribution in [0, 0.1) is 16.7 Å². The molecule has 2 heterocycles. The first-order valence-electron chi connectivity index (χ1n) is 8.60. The minimum atomic E-state index is -0.192. The summed E-state index contributed by atoms with van der Waals surface area (Å²) in [6, 6.07) is 11.6. The van der Waals surface area contributed by atoms with Gasteiger partial charge in [0.1, 0.15) is 5.78 Å². The van der Waals surface area contributed by atoms with E-state index in [9.17, 15) is 4.79 Å². The van der Waals surface area contributed by atoms with Gasteiger partial charge in [0.05, 0.1) is 0 Å². The van der Waals surface area contributed by atoms with Crippen LogP contribution in [0.3, 0.4) is 0 Å². The van der Waals surface area contributed by atoms with Crippen LogP contribution in [0.25, 0.3) is 0 Å². The van der Waals surface area contributed by atoms with Crippen LogP contribution in [0.4, 0.5) is 0 Å². The van der Waals surface area contributed by atoms with E-state index in [4.69, 9.17) is 0 Å². The molecule has 2 nitrogen and oxygen atoms in total. The lowest BCUT2D eigenvalue weighted by molar-refractivity contribution is -0.178. The lowest BCUT2D eigenvalue weighted by atomic mass is 9.49. The van der Waals surface area contributed by atoms with Crippen LogP contribution in [0.5, 0.6) is 0 Å². The van der Waals surface area contributed by atoms with Crippen LogP contribution in [-0.4, -0.2) is 22.8 Å². The minimum absolute atomic E-state index is 0.192. The number of hydrogen-bond acceptors (Lipinski definition) is 2. The summed E-state index contributed by atoms with van der Waals surface area (Å²) >= 11 is 0. The van der Waals surface area contributed by atoms with Crippen molar-refractivity contribution in [3.63, 3.8) is 0 Å². The van der Waals surface area contributed by atoms with Gasteiger partial charge >= 0.3 is 0 Å². The normalized spacial score (nSPS) is 41.6. The number of ketones is 1. The van der Waals surface area contributed by atoms with Gasteiger partial charge in [-0.2, -0.15) is 0 Å². The molecular formula is C20H29NO. The summed E-state index contributed by atoms with van der Waals surface area (Å²) in [7, 11) is 0. The first-order chi connectivity index (χ1) is 10.3. The first kappa shape index (κ1) is 15.7. The van der Waals surface area contributed by atoms with E-state index in [-0.39, 0.29) is 10.8 Å². The van der Waals surface area contributed by atoms with Crippen molar-refractivity contribution in [2.75, 3.05) is 0 Å². The van der Waals surface area contributed by atoms with Crippen molar-refractivity contribution in [3.05, 3.63) is 35.9 Å². The van der Waals surface area contributed by atoms with Crippen molar-refractivity contribution in [1.82, 2.24) is 4.90 Å². The molecule has 22 heavy (non-hydrogen) atoms. The fourth-order valence-electron chi connectivity index (χ4n) is 5.06. The van der Waals surface area contributed by atoms with E-state index in [1.807, 2.05) is 0 Å². The monoisotopic (exact) mass is 299 g/mol. The third kappa shape index (κ3) is 2.15. The average molecular weight is 299 g/mol. The number of rotatable bonds is 3. The smallest absolute Gasteiger partial charge is 0.137 e. The van der Waals surface area contributed by atoms with E-state index in [0.29, 0.717) is 23.8 Å². The number of nitrogens with zero attached hydrogens (tertiary/aromatic N) is 1. The Morgan fingerprint density at radius 2 is 1.86 bits per heavy atom. The molecule has 5 unspecified atom stereocenters. The van der Waals surface area contributed by atoms with Gasteiger partial charge in [0, 0.05) is 24.0 Å². The summed E-state index contributed by atoms with van der Waals surface area (Å²) in [6.45, 7) is 12.1. The van der Waals surface area contributed by atoms with Crippen molar-refractivity contribution < 1.29 is 4.79 Å². The summed E-state index contributed by atoms with van der Waals surface area (Å²) in [4.78, 5) is 15.0. The molecule has 0 aromatic heterocycles. The van der Waals surface area contributed by atoms with E-state index in [2.05, 4.69) is 62.9 Å². The molecule has 0 amide bonds. The largest absolute Gasteiger partial charge is 0.299 e. The molecule has 1 saturated carbocycles. The number of fused-ring (bicyclic) bond motifs is 3. The van der Waals surface area contributed by atoms with Crippen molar-refractivity contribution in [1.29, 1.82) is 0 Å². The number of carbonyl (C=O) groups is 1. The van der Waals surface area contributed by atoms with Gasteiger partial charge in [0.25, 0.3) is 0 Å². The Bertz CT molecular complexity index is 568. The highest BCUT2D eigenvalue weighted by Gasteiger charge is 2.61. The van der Waals surface area contributed by atoms with Crippen LogP contribution >= 0.6 is 0 Å². The van der Waals surface area contributed by atoms with E-state index in [0.717, 1.165) is 19.4 Å². The third-order valence-electron chi connectivity index (χ3n) is 7.05. The van der Waals surface area contributed by atoms with Gasteiger partial charge in [0.15, 0.2) is 0 Å². The Labute approximate surface area is 134 Å². The van der Waals surface area contributed by atoms with Gasteiger partial charge < -0.3 is 0 Å². The predicted octanol–water partition coefficient (Wildman–Crippen LogP) is 4.29. The topological polar surface area (TPSA) is 20.3 Å². The van der Waals surface area contributed by atoms with Crippen LogP contribution in [-0.2, 0) is 11.3 Å². The molecule has 0 N–H and O–H groups in total. The van der Waals surface area contributed by atoms with E-state index >= 15 is 0 Å². The molecular weight excluding hydrogens is 270 g/mol. The fourth-order valence-corrected chi connectivity index (χ4v) is 5.06. The maximum atomic E-state index is 12.4. The lowest BCUT2D eigenvalue weighted by Crippen LogP contribution is -2.69. The van der Waals surface area contributed by atoms with Gasteiger partial charge in [-0.25, -0.2) is 0 Å². The molecule has 5 atom stereocenters. The second kappa shape index (κ2) is 5.19. The molecule has 1 aromatic carbocycles. The SMILES string of the molecule is CC(=O)C1(C)CC2(C)C(C)CC1N(Cc1ccccc1)C2C. The Kier molecular flexibility index (Phi) is 3.71. The first-order valence-corrected chi connectivity index (χ1v) is 8.60. The van der Waals surface area contributed by atoms with Gasteiger partial charge in [-0.05, 0) is 43.6 Å². The zero-order valence-corrected chi connectivity index (χ0v) is 14.6. The summed E-state index contributed by atoms with van der Waals surface area (Å²) < 4.78 is 0. The third-order valence-corrected chi connectivity index (χ3v) is 7.05. The number of hydrogen-bond donors (Lipinski definition) is 0. The van der Waals surface area contributed by atoms with Crippen molar-refractivity contribution in [2.45, 2.75) is 66.1 Å². The van der Waals surface area contributed by atoms with Crippen molar-refractivity contribution >= 4 is 5.78 Å². The molecule has 3 aliphatic rings. The highest BCUT2D eigenvalue weighted by atomic mass is 16.1. The van der Waals surface area contributed by atoms with E-state index in [1.54, 1.807) is 6.92 Å². The predicted molar refractivity (Wildman–Crippen MR) is 90.5 cm³/mol. The minimum Gasteiger partial charge on any atom is -0.299 e. The standard InChI is InChI=1S/C20H29NO/c1-14-11-18-20(5,16(3)22)13-19(14,4)15(2)21(18)12-17-9-7-6-8-10-17/h6-10,14-15,18H,11-13H2,1-5H3. The Hall–Kier alpha value is -1.15. The van der Waals surface area contributed by atoms with Crippen LogP contribution in [0.15, 0.2) is 30.3 Å². The van der Waals surface area contributed by atoms with Crippen LogP contribution in [0.2, 0.25) is 0 Å². The Morgan fingerprint density at radius 1 is 1.23 bits per heavy atom. The molecule has 2 heteroatoms. The highest BCUT2D eigenvalue weighted by molar-refractivity contribution is 5.83. The second-order valence-electron chi connectivity index (χ2n) is 8.14. The quantitative estimate of drug-likeness (QED) is 0.830. The molecule has 1 aliphatic carbocycles. The summed E-state index contributed by atoms with van der Waals surface area (Å²) in [5.41, 5.74) is 1.39. The van der Waals surface area contributed by atoms with Gasteiger partial charge in [-0.15, -0.1) is 0 Å². The molecule has 2 aliphatic heterocycles. The molecule has 2 bridgehead atoms. The molecule has 3 fully saturated rings. The average Bonchev–Trinajstić information content (AvgIpc) is 2.47. The number of piperidine rings is 2. The lowest BCUT2D eigenvalue weighted by Gasteiger charge is -2.65.